The summed E-state index contributed by atoms with van der Waals surface area (Å²) in [6.45, 7) is 3.12. The summed E-state index contributed by atoms with van der Waals surface area (Å²) in [5, 5.41) is 11.2. The molecule has 1 N–H and O–H groups in total. The topological polar surface area (TPSA) is 118 Å². The third-order valence-electron chi connectivity index (χ3n) is 5.91. The summed E-state index contributed by atoms with van der Waals surface area (Å²) in [6.07, 6.45) is -7.02. The molecule has 4 rings (SSSR count). The number of ether oxygens (including phenoxy) is 5. The first-order valence-corrected chi connectivity index (χ1v) is 12.6. The maximum absolute atomic E-state index is 13.0. The van der Waals surface area contributed by atoms with Gasteiger partial charge < -0.3 is 28.8 Å². The van der Waals surface area contributed by atoms with E-state index in [2.05, 4.69) is 0 Å². The number of benzene rings is 3. The van der Waals surface area contributed by atoms with Gasteiger partial charge in [0, 0.05) is 0 Å². The van der Waals surface area contributed by atoms with Gasteiger partial charge in [0.1, 0.15) is 18.8 Å². The highest BCUT2D eigenvalue weighted by molar-refractivity contribution is 5.90. The van der Waals surface area contributed by atoms with Crippen molar-refractivity contribution >= 4 is 17.9 Å². The molecule has 1 fully saturated rings. The summed E-state index contributed by atoms with van der Waals surface area (Å²) in [5.74, 6) is -2.11. The number of carbonyl (C=O) groups is 3. The summed E-state index contributed by atoms with van der Waals surface area (Å²) in [6, 6.07) is 24.7. The lowest BCUT2D eigenvalue weighted by atomic mass is 9.98. The molecule has 0 amide bonds. The van der Waals surface area contributed by atoms with Crippen LogP contribution < -0.4 is 0 Å². The van der Waals surface area contributed by atoms with Gasteiger partial charge in [0.2, 0.25) is 0 Å². The Hall–Kier alpha value is -4.05. The van der Waals surface area contributed by atoms with Crippen molar-refractivity contribution in [1.82, 2.24) is 0 Å². The van der Waals surface area contributed by atoms with Gasteiger partial charge in [0.25, 0.3) is 0 Å². The number of rotatable bonds is 9. The Balaban J connectivity index is 1.63. The van der Waals surface area contributed by atoms with Crippen LogP contribution in [0.15, 0.2) is 91.0 Å². The van der Waals surface area contributed by atoms with Crippen molar-refractivity contribution in [1.29, 1.82) is 0 Å². The average molecular weight is 535 g/mol. The molecule has 1 aliphatic heterocycles. The van der Waals surface area contributed by atoms with Crippen LogP contribution in [0, 0.1) is 0 Å². The van der Waals surface area contributed by atoms with Gasteiger partial charge in [0.05, 0.1) is 22.8 Å². The molecule has 0 radical (unpaired) electrons. The van der Waals surface area contributed by atoms with Gasteiger partial charge in [-0.25, -0.2) is 14.4 Å². The highest BCUT2D eigenvalue weighted by atomic mass is 16.7. The maximum atomic E-state index is 13.0. The van der Waals surface area contributed by atoms with E-state index < -0.39 is 48.6 Å². The number of carbonyl (C=O) groups excluding carboxylic acids is 3. The maximum Gasteiger partial charge on any atom is 0.338 e. The molecule has 9 heteroatoms. The normalized spacial score (nSPS) is 22.6. The quantitative estimate of drug-likeness (QED) is 0.323. The Labute approximate surface area is 226 Å². The van der Waals surface area contributed by atoms with E-state index in [1.54, 1.807) is 105 Å². The van der Waals surface area contributed by atoms with E-state index in [0.29, 0.717) is 5.56 Å². The molecule has 0 unspecified atom stereocenters. The Kier molecular flexibility index (Phi) is 9.43. The Morgan fingerprint density at radius 1 is 0.718 bits per heavy atom. The van der Waals surface area contributed by atoms with Gasteiger partial charge >= 0.3 is 17.9 Å². The second kappa shape index (κ2) is 13.1. The highest BCUT2D eigenvalue weighted by Gasteiger charge is 2.51. The van der Waals surface area contributed by atoms with Crippen molar-refractivity contribution in [2.24, 2.45) is 0 Å². The minimum absolute atomic E-state index is 0.234. The van der Waals surface area contributed by atoms with Crippen LogP contribution in [0.25, 0.3) is 0 Å². The predicted molar refractivity (Wildman–Crippen MR) is 139 cm³/mol. The summed E-state index contributed by atoms with van der Waals surface area (Å²) in [7, 11) is 0. The van der Waals surface area contributed by atoms with E-state index in [9.17, 15) is 19.5 Å². The molecule has 1 saturated heterocycles. The van der Waals surface area contributed by atoms with E-state index in [-0.39, 0.29) is 23.8 Å². The van der Waals surface area contributed by atoms with Crippen molar-refractivity contribution in [3.8, 4) is 0 Å². The Morgan fingerprint density at radius 2 is 1.15 bits per heavy atom. The lowest BCUT2D eigenvalue weighted by molar-refractivity contribution is -0.306. The largest absolute Gasteiger partial charge is 0.459 e. The SMILES string of the molecule is CC(C)O[C@@H]1O[C@H](COC(=O)c2ccccc2)[C@@H](OC(=O)c2ccccc2)[C@H](OC(=O)c2ccccc2)[C@H]1O. The van der Waals surface area contributed by atoms with Gasteiger partial charge in [-0.1, -0.05) is 54.6 Å². The number of hydrogen-bond acceptors (Lipinski definition) is 9. The zero-order valence-corrected chi connectivity index (χ0v) is 21.5. The van der Waals surface area contributed by atoms with Crippen molar-refractivity contribution in [2.45, 2.75) is 50.7 Å². The summed E-state index contributed by atoms with van der Waals surface area (Å²) >= 11 is 0. The molecule has 3 aromatic carbocycles. The van der Waals surface area contributed by atoms with Crippen LogP contribution in [0.3, 0.4) is 0 Å². The number of esters is 3. The first-order chi connectivity index (χ1) is 18.8. The summed E-state index contributed by atoms with van der Waals surface area (Å²) in [5.41, 5.74) is 0.784. The standard InChI is InChI=1S/C30H30O9/c1-19(2)36-30-24(31)26(39-29(34)22-16-10-5-11-17-22)25(38-28(33)21-14-8-4-9-15-21)23(37-30)18-35-27(32)20-12-6-3-7-13-20/h3-17,19,23-26,30-31H,18H2,1-2H3/t23-,24-,25-,26-,30-/m1/s1. The molecule has 3 aromatic rings. The molecule has 1 aliphatic rings. The minimum Gasteiger partial charge on any atom is -0.459 e. The van der Waals surface area contributed by atoms with Gasteiger partial charge in [-0.3, -0.25) is 0 Å². The molecule has 0 aliphatic carbocycles. The molecule has 204 valence electrons. The Morgan fingerprint density at radius 3 is 1.62 bits per heavy atom. The van der Waals surface area contributed by atoms with Crippen molar-refractivity contribution in [3.63, 3.8) is 0 Å². The monoisotopic (exact) mass is 534 g/mol. The van der Waals surface area contributed by atoms with Crippen LogP contribution in [0.1, 0.15) is 44.9 Å². The van der Waals surface area contributed by atoms with Crippen molar-refractivity contribution in [2.75, 3.05) is 6.61 Å². The fraction of sp³-hybridized carbons (Fsp3) is 0.300. The third kappa shape index (κ3) is 7.29. The molecular weight excluding hydrogens is 504 g/mol. The van der Waals surface area contributed by atoms with E-state index >= 15 is 0 Å². The van der Waals surface area contributed by atoms with Crippen LogP contribution in [-0.2, 0) is 23.7 Å². The summed E-state index contributed by atoms with van der Waals surface area (Å²) < 4.78 is 28.6. The van der Waals surface area contributed by atoms with Crippen LogP contribution in [0.5, 0.6) is 0 Å². The molecule has 0 saturated carbocycles. The van der Waals surface area contributed by atoms with E-state index in [0.717, 1.165) is 0 Å². The van der Waals surface area contributed by atoms with Gasteiger partial charge in [-0.05, 0) is 50.2 Å². The molecule has 39 heavy (non-hydrogen) atoms. The van der Waals surface area contributed by atoms with E-state index in [1.165, 1.54) is 0 Å². The lowest BCUT2D eigenvalue weighted by Crippen LogP contribution is -2.62. The predicted octanol–water partition coefficient (Wildman–Crippen LogP) is 3.81. The number of hydrogen-bond donors (Lipinski definition) is 1. The second-order valence-electron chi connectivity index (χ2n) is 9.15. The molecular formula is C30H30O9. The average Bonchev–Trinajstić information content (AvgIpc) is 2.96. The third-order valence-corrected chi connectivity index (χ3v) is 5.91. The van der Waals surface area contributed by atoms with E-state index in [1.807, 2.05) is 0 Å². The van der Waals surface area contributed by atoms with Gasteiger partial charge in [-0.15, -0.1) is 0 Å². The molecule has 5 atom stereocenters. The smallest absolute Gasteiger partial charge is 0.338 e. The van der Waals surface area contributed by atoms with Crippen molar-refractivity contribution in [3.05, 3.63) is 108 Å². The summed E-state index contributed by atoms with van der Waals surface area (Å²) in [4.78, 5) is 38.7. The van der Waals surface area contributed by atoms with Gasteiger partial charge in [-0.2, -0.15) is 0 Å². The van der Waals surface area contributed by atoms with Crippen LogP contribution in [0.2, 0.25) is 0 Å². The van der Waals surface area contributed by atoms with Crippen molar-refractivity contribution < 1.29 is 43.2 Å². The molecule has 1 heterocycles. The first-order valence-electron chi connectivity index (χ1n) is 12.6. The Bertz CT molecular complexity index is 1230. The highest BCUT2D eigenvalue weighted by Crippen LogP contribution is 2.29. The molecule has 0 spiro atoms. The number of aliphatic hydroxyl groups is 1. The first kappa shape index (κ1) is 28.0. The fourth-order valence-electron chi connectivity index (χ4n) is 4.03. The zero-order valence-electron chi connectivity index (χ0n) is 21.5. The van der Waals surface area contributed by atoms with Gasteiger partial charge in [0.15, 0.2) is 18.5 Å². The molecule has 9 nitrogen and oxygen atoms in total. The second-order valence-corrected chi connectivity index (χ2v) is 9.15. The lowest BCUT2D eigenvalue weighted by Gasteiger charge is -2.43. The molecule has 0 aromatic heterocycles. The van der Waals surface area contributed by atoms with Crippen LogP contribution in [-0.4, -0.2) is 66.4 Å². The fourth-order valence-corrected chi connectivity index (χ4v) is 4.03. The number of aliphatic hydroxyl groups excluding tert-OH is 1. The van der Waals surface area contributed by atoms with E-state index in [4.69, 9.17) is 23.7 Å². The van der Waals surface area contributed by atoms with Crippen LogP contribution >= 0.6 is 0 Å². The molecule has 0 bridgehead atoms. The zero-order chi connectivity index (χ0) is 27.8. The minimum atomic E-state index is -1.52. The van der Waals surface area contributed by atoms with Crippen LogP contribution in [0.4, 0.5) is 0 Å².